The smallest absolute Gasteiger partial charge is 0.305 e. The molecule has 0 aromatic heterocycles. The zero-order valence-electron chi connectivity index (χ0n) is 53.2. The first-order chi connectivity index (χ1) is 38.5. The minimum atomic E-state index is -0.663. The molecule has 6 heteroatoms. The van der Waals surface area contributed by atoms with Gasteiger partial charge in [-0.1, -0.05) is 360 Å². The van der Waals surface area contributed by atoms with Gasteiger partial charge in [-0.3, -0.25) is 9.59 Å². The first kappa shape index (κ1) is 76.6. The number of rotatable bonds is 68. The molecule has 0 bridgehead atoms. The molecule has 0 rings (SSSR count). The van der Waals surface area contributed by atoms with Crippen LogP contribution >= 0.6 is 0 Å². The third-order valence-electron chi connectivity index (χ3n) is 17.1. The molecule has 0 fully saturated rings. The maximum absolute atomic E-state index is 12.5. The molecule has 464 valence electrons. The van der Waals surface area contributed by atoms with Gasteiger partial charge in [0.15, 0.2) is 0 Å². The summed E-state index contributed by atoms with van der Waals surface area (Å²) in [6.45, 7) is 4.99. The molecule has 0 saturated heterocycles. The number of carbonyl (C=O) groups is 2. The van der Waals surface area contributed by atoms with Crippen molar-refractivity contribution in [1.29, 1.82) is 0 Å². The Labute approximate surface area is 489 Å². The van der Waals surface area contributed by atoms with E-state index >= 15 is 0 Å². The van der Waals surface area contributed by atoms with Gasteiger partial charge >= 0.3 is 5.97 Å². The van der Waals surface area contributed by atoms with Crippen LogP contribution in [0.25, 0.3) is 0 Å². The Morgan fingerprint density at radius 3 is 0.910 bits per heavy atom. The lowest BCUT2D eigenvalue weighted by molar-refractivity contribution is -0.143. The number of amides is 1. The summed E-state index contributed by atoms with van der Waals surface area (Å²) in [5, 5.41) is 23.4. The highest BCUT2D eigenvalue weighted by Gasteiger charge is 2.20. The highest BCUT2D eigenvalue weighted by atomic mass is 16.5. The molecule has 1 amide bonds. The highest BCUT2D eigenvalue weighted by molar-refractivity contribution is 5.76. The molecule has 0 saturated carbocycles. The predicted molar refractivity (Wildman–Crippen MR) is 343 cm³/mol. The molecule has 6 nitrogen and oxygen atoms in total. The van der Waals surface area contributed by atoms with Crippen molar-refractivity contribution < 1.29 is 24.5 Å². The Kier molecular flexibility index (Phi) is 66.9. The number of hydrogen-bond donors (Lipinski definition) is 3. The standard InChI is InChI=1S/C72H141NO5/c1-3-5-7-9-11-13-15-17-19-21-29-34-38-42-46-50-54-58-62-66-72(77)78-67-63-59-55-51-47-43-39-35-31-28-26-24-22-23-25-27-30-33-37-41-45-49-53-57-61-65-71(76)73-69(68-74)70(75)64-60-56-52-48-44-40-36-32-20-18-16-14-12-10-8-6-4-2/h17,19,69-70,74-75H,3-16,18,20-68H2,1-2H3,(H,73,76)/b19-17-. The molecule has 0 heterocycles. The SMILES string of the molecule is CCCCCCCC/C=C\CCCCCCCCCCCC(=O)OCCCCCCCCCCCCCCCCCCCCCCCCCCCC(=O)NC(CO)C(O)CCCCCCCCCCCCCCCCCCC. The van der Waals surface area contributed by atoms with Gasteiger partial charge in [0.25, 0.3) is 0 Å². The van der Waals surface area contributed by atoms with E-state index in [1.165, 1.54) is 340 Å². The average molecular weight is 1100 g/mol. The van der Waals surface area contributed by atoms with E-state index in [4.69, 9.17) is 4.74 Å². The van der Waals surface area contributed by atoms with Gasteiger partial charge < -0.3 is 20.3 Å². The van der Waals surface area contributed by atoms with Gasteiger partial charge in [-0.05, 0) is 51.4 Å². The molecule has 0 aliphatic carbocycles. The minimum Gasteiger partial charge on any atom is -0.466 e. The van der Waals surface area contributed by atoms with Crippen molar-refractivity contribution in [3.05, 3.63) is 12.2 Å². The Morgan fingerprint density at radius 2 is 0.603 bits per heavy atom. The first-order valence-corrected chi connectivity index (χ1v) is 35.9. The van der Waals surface area contributed by atoms with Crippen LogP contribution in [0.5, 0.6) is 0 Å². The number of hydrogen-bond acceptors (Lipinski definition) is 5. The van der Waals surface area contributed by atoms with Crippen molar-refractivity contribution >= 4 is 11.9 Å². The fourth-order valence-electron chi connectivity index (χ4n) is 11.6. The summed E-state index contributed by atoms with van der Waals surface area (Å²) in [7, 11) is 0. The van der Waals surface area contributed by atoms with Crippen LogP contribution in [0.4, 0.5) is 0 Å². The van der Waals surface area contributed by atoms with Gasteiger partial charge in [0.1, 0.15) is 0 Å². The lowest BCUT2D eigenvalue weighted by Crippen LogP contribution is -2.45. The van der Waals surface area contributed by atoms with E-state index in [2.05, 4.69) is 31.3 Å². The van der Waals surface area contributed by atoms with Gasteiger partial charge in [0, 0.05) is 12.8 Å². The van der Waals surface area contributed by atoms with Crippen LogP contribution in [-0.4, -0.2) is 47.4 Å². The van der Waals surface area contributed by atoms with Gasteiger partial charge in [0.05, 0.1) is 25.4 Å². The Balaban J connectivity index is 3.34. The van der Waals surface area contributed by atoms with Crippen molar-refractivity contribution in [2.24, 2.45) is 0 Å². The fourth-order valence-corrected chi connectivity index (χ4v) is 11.6. The third kappa shape index (κ3) is 63.8. The zero-order chi connectivity index (χ0) is 56.4. The second-order valence-electron chi connectivity index (χ2n) is 24.9. The van der Waals surface area contributed by atoms with E-state index in [0.717, 1.165) is 38.5 Å². The number of unbranched alkanes of at least 4 members (excludes halogenated alkanes) is 55. The van der Waals surface area contributed by atoms with Gasteiger partial charge in [-0.25, -0.2) is 0 Å². The zero-order valence-corrected chi connectivity index (χ0v) is 53.2. The number of aliphatic hydroxyl groups is 2. The summed E-state index contributed by atoms with van der Waals surface area (Å²) in [5.41, 5.74) is 0. The van der Waals surface area contributed by atoms with E-state index in [0.29, 0.717) is 25.9 Å². The van der Waals surface area contributed by atoms with Crippen LogP contribution in [0.3, 0.4) is 0 Å². The quantitative estimate of drug-likeness (QED) is 0.0320. The topological polar surface area (TPSA) is 95.9 Å². The average Bonchev–Trinajstić information content (AvgIpc) is 3.44. The normalized spacial score (nSPS) is 12.5. The fraction of sp³-hybridized carbons (Fsp3) is 0.944. The van der Waals surface area contributed by atoms with Crippen LogP contribution in [0.15, 0.2) is 12.2 Å². The molecule has 2 unspecified atom stereocenters. The molecule has 0 aromatic carbocycles. The number of nitrogens with one attached hydrogen (secondary N) is 1. The Bertz CT molecular complexity index is 1180. The lowest BCUT2D eigenvalue weighted by Gasteiger charge is -2.22. The van der Waals surface area contributed by atoms with Crippen LogP contribution in [0.1, 0.15) is 412 Å². The molecule has 3 N–H and O–H groups in total. The Morgan fingerprint density at radius 1 is 0.346 bits per heavy atom. The molecule has 0 spiro atoms. The number of aliphatic hydroxyl groups excluding tert-OH is 2. The van der Waals surface area contributed by atoms with Crippen molar-refractivity contribution in [3.63, 3.8) is 0 Å². The maximum Gasteiger partial charge on any atom is 0.305 e. The summed E-state index contributed by atoms with van der Waals surface area (Å²) >= 11 is 0. The van der Waals surface area contributed by atoms with Crippen molar-refractivity contribution in [1.82, 2.24) is 5.32 Å². The predicted octanol–water partition coefficient (Wildman–Crippen LogP) is 23.1. The highest BCUT2D eigenvalue weighted by Crippen LogP contribution is 2.19. The van der Waals surface area contributed by atoms with Crippen molar-refractivity contribution in [3.8, 4) is 0 Å². The summed E-state index contributed by atoms with van der Waals surface area (Å²) in [6.07, 6.45) is 84.0. The van der Waals surface area contributed by atoms with Crippen LogP contribution < -0.4 is 5.32 Å². The molecule has 0 radical (unpaired) electrons. The largest absolute Gasteiger partial charge is 0.466 e. The van der Waals surface area contributed by atoms with Crippen LogP contribution in [0, 0.1) is 0 Å². The van der Waals surface area contributed by atoms with Crippen molar-refractivity contribution in [2.45, 2.75) is 424 Å². The molecule has 0 aliphatic rings. The monoisotopic (exact) mass is 1100 g/mol. The summed E-state index contributed by atoms with van der Waals surface area (Å²) in [5.74, 6) is -0.0119. The summed E-state index contributed by atoms with van der Waals surface area (Å²) in [6, 6.07) is -0.540. The Hall–Kier alpha value is -1.40. The first-order valence-electron chi connectivity index (χ1n) is 35.9. The van der Waals surface area contributed by atoms with Crippen LogP contribution in [-0.2, 0) is 14.3 Å². The van der Waals surface area contributed by atoms with Crippen molar-refractivity contribution in [2.75, 3.05) is 13.2 Å². The molecule has 0 aromatic rings. The van der Waals surface area contributed by atoms with Gasteiger partial charge in [-0.15, -0.1) is 0 Å². The van der Waals surface area contributed by atoms with E-state index in [-0.39, 0.29) is 18.5 Å². The molecular weight excluding hydrogens is 959 g/mol. The summed E-state index contributed by atoms with van der Waals surface area (Å²) < 4.78 is 5.51. The minimum absolute atomic E-state index is 0.0172. The molecule has 2 atom stereocenters. The lowest BCUT2D eigenvalue weighted by atomic mass is 10.0. The maximum atomic E-state index is 12.5. The number of ether oxygens (including phenoxy) is 1. The second kappa shape index (κ2) is 68.1. The van der Waals surface area contributed by atoms with Gasteiger partial charge in [-0.2, -0.15) is 0 Å². The third-order valence-corrected chi connectivity index (χ3v) is 17.1. The van der Waals surface area contributed by atoms with E-state index in [1.807, 2.05) is 0 Å². The van der Waals surface area contributed by atoms with E-state index < -0.39 is 12.1 Å². The van der Waals surface area contributed by atoms with Gasteiger partial charge in [0.2, 0.25) is 5.91 Å². The van der Waals surface area contributed by atoms with E-state index in [9.17, 15) is 19.8 Å². The number of carbonyl (C=O) groups excluding carboxylic acids is 2. The molecule has 0 aliphatic heterocycles. The number of allylic oxidation sites excluding steroid dienone is 2. The molecule has 78 heavy (non-hydrogen) atoms. The number of esters is 1. The van der Waals surface area contributed by atoms with E-state index in [1.54, 1.807) is 0 Å². The van der Waals surface area contributed by atoms with Crippen LogP contribution in [0.2, 0.25) is 0 Å². The summed E-state index contributed by atoms with van der Waals surface area (Å²) in [4.78, 5) is 24.6. The second-order valence-corrected chi connectivity index (χ2v) is 24.9. The molecular formula is C72H141NO5.